The Balaban J connectivity index is 1.60. The van der Waals surface area contributed by atoms with Gasteiger partial charge in [0.25, 0.3) is 6.01 Å². The van der Waals surface area contributed by atoms with Gasteiger partial charge >= 0.3 is 12.5 Å². The van der Waals surface area contributed by atoms with Crippen molar-refractivity contribution in [1.82, 2.24) is 9.88 Å². The van der Waals surface area contributed by atoms with Crippen molar-refractivity contribution in [2.24, 2.45) is 0 Å². The van der Waals surface area contributed by atoms with E-state index in [0.29, 0.717) is 38.1 Å². The van der Waals surface area contributed by atoms with E-state index in [0.717, 1.165) is 0 Å². The van der Waals surface area contributed by atoms with E-state index in [9.17, 15) is 18.0 Å². The molecule has 10 heteroatoms. The van der Waals surface area contributed by atoms with Gasteiger partial charge in [-0.2, -0.15) is 4.98 Å². The lowest BCUT2D eigenvalue weighted by Crippen LogP contribution is -2.42. The average molecular weight is 373 g/mol. The Bertz CT molecular complexity index is 770. The number of piperidine rings is 1. The monoisotopic (exact) mass is 373 g/mol. The van der Waals surface area contributed by atoms with Crippen molar-refractivity contribution in [2.45, 2.75) is 32.2 Å². The maximum absolute atomic E-state index is 12.3. The van der Waals surface area contributed by atoms with Gasteiger partial charge in [0.15, 0.2) is 5.58 Å². The van der Waals surface area contributed by atoms with E-state index >= 15 is 0 Å². The van der Waals surface area contributed by atoms with Crippen LogP contribution in [-0.4, -0.2) is 48.1 Å². The van der Waals surface area contributed by atoms with Crippen LogP contribution in [0.3, 0.4) is 0 Å². The second-order valence-electron chi connectivity index (χ2n) is 5.80. The molecule has 142 valence electrons. The molecule has 1 aliphatic rings. The van der Waals surface area contributed by atoms with Crippen LogP contribution in [0.5, 0.6) is 5.75 Å². The second kappa shape index (κ2) is 7.30. The number of halogens is 3. The van der Waals surface area contributed by atoms with E-state index in [1.165, 1.54) is 18.2 Å². The molecule has 2 aromatic rings. The number of hydrogen-bond acceptors (Lipinski definition) is 6. The fraction of sp³-hybridized carbons (Fsp3) is 0.500. The molecule has 0 unspecified atom stereocenters. The number of alkyl halides is 3. The number of carbonyl (C=O) groups is 1. The zero-order valence-corrected chi connectivity index (χ0v) is 14.0. The maximum atomic E-state index is 12.3. The van der Waals surface area contributed by atoms with Crippen LogP contribution in [0.2, 0.25) is 0 Å². The minimum atomic E-state index is -4.76. The van der Waals surface area contributed by atoms with Crippen LogP contribution in [0, 0.1) is 0 Å². The molecule has 1 saturated heterocycles. The van der Waals surface area contributed by atoms with Crippen molar-refractivity contribution in [3.05, 3.63) is 18.2 Å². The van der Waals surface area contributed by atoms with Gasteiger partial charge in [-0.15, -0.1) is 13.2 Å². The lowest BCUT2D eigenvalue weighted by Gasteiger charge is -2.31. The molecule has 3 rings (SSSR count). The summed E-state index contributed by atoms with van der Waals surface area (Å²) in [7, 11) is 0. The first-order valence-corrected chi connectivity index (χ1v) is 8.18. The van der Waals surface area contributed by atoms with Crippen molar-refractivity contribution in [3.8, 4) is 5.75 Å². The number of benzene rings is 1. The van der Waals surface area contributed by atoms with Gasteiger partial charge in [-0.05, 0) is 31.9 Å². The highest BCUT2D eigenvalue weighted by Crippen LogP contribution is 2.28. The minimum Gasteiger partial charge on any atom is -0.450 e. The summed E-state index contributed by atoms with van der Waals surface area (Å²) in [4.78, 5) is 17.5. The van der Waals surface area contributed by atoms with Gasteiger partial charge in [0.1, 0.15) is 11.3 Å². The number of hydrogen-bond donors (Lipinski definition) is 1. The number of likely N-dealkylation sites (tertiary alicyclic amines) is 1. The smallest absolute Gasteiger partial charge is 0.450 e. The first-order chi connectivity index (χ1) is 12.3. The molecule has 1 aromatic heterocycles. The Kier molecular flexibility index (Phi) is 5.10. The van der Waals surface area contributed by atoms with Crippen molar-refractivity contribution in [2.75, 3.05) is 25.0 Å². The fourth-order valence-electron chi connectivity index (χ4n) is 2.76. The van der Waals surface area contributed by atoms with E-state index in [-0.39, 0.29) is 29.4 Å². The number of anilines is 1. The van der Waals surface area contributed by atoms with Crippen LogP contribution in [-0.2, 0) is 4.74 Å². The summed E-state index contributed by atoms with van der Waals surface area (Å²) in [5.41, 5.74) is 0.615. The molecule has 0 bridgehead atoms. The highest BCUT2D eigenvalue weighted by molar-refractivity contribution is 5.76. The van der Waals surface area contributed by atoms with E-state index in [1.807, 2.05) is 0 Å². The number of carbonyl (C=O) groups excluding carboxylic acids is 1. The molecule has 0 saturated carbocycles. The topological polar surface area (TPSA) is 76.8 Å². The normalized spacial score (nSPS) is 15.9. The molecule has 26 heavy (non-hydrogen) atoms. The van der Waals surface area contributed by atoms with Gasteiger partial charge in [-0.25, -0.2) is 4.79 Å². The number of amides is 1. The predicted octanol–water partition coefficient (Wildman–Crippen LogP) is 3.76. The number of ether oxygens (including phenoxy) is 2. The molecule has 7 nitrogen and oxygen atoms in total. The number of nitrogens with one attached hydrogen (secondary N) is 1. The molecule has 0 atom stereocenters. The first kappa shape index (κ1) is 18.2. The zero-order valence-electron chi connectivity index (χ0n) is 14.0. The van der Waals surface area contributed by atoms with Gasteiger partial charge in [0.05, 0.1) is 6.61 Å². The van der Waals surface area contributed by atoms with E-state index in [1.54, 1.807) is 11.8 Å². The van der Waals surface area contributed by atoms with Gasteiger partial charge in [-0.3, -0.25) is 0 Å². The summed E-state index contributed by atoms with van der Waals surface area (Å²) in [6, 6.07) is 3.97. The molecule has 2 heterocycles. The summed E-state index contributed by atoms with van der Waals surface area (Å²) >= 11 is 0. The fourth-order valence-corrected chi connectivity index (χ4v) is 2.76. The lowest BCUT2D eigenvalue weighted by atomic mass is 10.1. The minimum absolute atomic E-state index is 0.0413. The first-order valence-electron chi connectivity index (χ1n) is 8.18. The summed E-state index contributed by atoms with van der Waals surface area (Å²) < 4.78 is 51.2. The summed E-state index contributed by atoms with van der Waals surface area (Å²) in [6.45, 7) is 3.17. The maximum Gasteiger partial charge on any atom is 0.573 e. The summed E-state index contributed by atoms with van der Waals surface area (Å²) in [6.07, 6.45) is -3.73. The third-order valence-electron chi connectivity index (χ3n) is 3.94. The second-order valence-corrected chi connectivity index (χ2v) is 5.80. The van der Waals surface area contributed by atoms with Crippen LogP contribution in [0.25, 0.3) is 11.1 Å². The van der Waals surface area contributed by atoms with Crippen LogP contribution in [0.15, 0.2) is 22.6 Å². The van der Waals surface area contributed by atoms with E-state index in [2.05, 4.69) is 15.0 Å². The number of oxazole rings is 1. The third kappa shape index (κ3) is 4.50. The molecular formula is C16H18F3N3O4. The molecule has 0 spiro atoms. The molecule has 0 aliphatic carbocycles. The molecule has 1 amide bonds. The molecular weight excluding hydrogens is 355 g/mol. The lowest BCUT2D eigenvalue weighted by molar-refractivity contribution is -0.274. The Hall–Kier alpha value is -2.65. The molecule has 1 aromatic carbocycles. The van der Waals surface area contributed by atoms with Gasteiger partial charge in [0.2, 0.25) is 0 Å². The van der Waals surface area contributed by atoms with Crippen molar-refractivity contribution in [3.63, 3.8) is 0 Å². The Morgan fingerprint density at radius 2 is 2.12 bits per heavy atom. The van der Waals surface area contributed by atoms with Crippen LogP contribution in [0.4, 0.5) is 24.0 Å². The van der Waals surface area contributed by atoms with E-state index in [4.69, 9.17) is 9.15 Å². The summed E-state index contributed by atoms with van der Waals surface area (Å²) in [5, 5.41) is 3.11. The molecule has 1 N–H and O–H groups in total. The van der Waals surface area contributed by atoms with Gasteiger partial charge in [-0.1, -0.05) is 0 Å². The number of rotatable bonds is 4. The quantitative estimate of drug-likeness (QED) is 0.879. The van der Waals surface area contributed by atoms with Crippen molar-refractivity contribution >= 4 is 23.2 Å². The zero-order chi connectivity index (χ0) is 18.7. The van der Waals surface area contributed by atoms with Crippen LogP contribution in [0.1, 0.15) is 19.8 Å². The Morgan fingerprint density at radius 3 is 2.77 bits per heavy atom. The number of nitrogens with zero attached hydrogens (tertiary/aromatic N) is 2. The van der Waals surface area contributed by atoms with Crippen LogP contribution < -0.4 is 10.1 Å². The van der Waals surface area contributed by atoms with E-state index < -0.39 is 6.36 Å². The van der Waals surface area contributed by atoms with Crippen molar-refractivity contribution < 1.29 is 31.9 Å². The highest BCUT2D eigenvalue weighted by atomic mass is 19.4. The Morgan fingerprint density at radius 1 is 1.38 bits per heavy atom. The Labute approximate surface area is 147 Å². The van der Waals surface area contributed by atoms with Crippen molar-refractivity contribution in [1.29, 1.82) is 0 Å². The SMILES string of the molecule is CCOC(=O)N1CCC(Nc2nc3cc(OC(F)(F)F)ccc3o2)CC1. The van der Waals surface area contributed by atoms with Gasteiger partial charge < -0.3 is 24.1 Å². The van der Waals surface area contributed by atoms with Crippen LogP contribution >= 0.6 is 0 Å². The number of fused-ring (bicyclic) bond motifs is 1. The average Bonchev–Trinajstić information content (AvgIpc) is 2.95. The third-order valence-corrected chi connectivity index (χ3v) is 3.94. The molecule has 1 aliphatic heterocycles. The largest absolute Gasteiger partial charge is 0.573 e. The van der Waals surface area contributed by atoms with Gasteiger partial charge in [0, 0.05) is 25.2 Å². The number of aromatic nitrogens is 1. The predicted molar refractivity (Wildman–Crippen MR) is 85.9 cm³/mol. The molecule has 0 radical (unpaired) electrons. The standard InChI is InChI=1S/C16H18F3N3O4/c1-2-24-15(23)22-7-5-10(6-8-22)20-14-21-12-9-11(26-16(17,18)19)3-4-13(12)25-14/h3-4,9-10H,2,5-8H2,1H3,(H,20,21). The molecule has 1 fully saturated rings. The summed E-state index contributed by atoms with van der Waals surface area (Å²) in [5.74, 6) is -0.354. The highest BCUT2D eigenvalue weighted by Gasteiger charge is 2.31.